The van der Waals surface area contributed by atoms with Crippen LogP contribution in [0.25, 0.3) is 0 Å². The molecule has 1 saturated carbocycles. The second kappa shape index (κ2) is 5.96. The van der Waals surface area contributed by atoms with Crippen LogP contribution >= 0.6 is 0 Å². The lowest BCUT2D eigenvalue weighted by molar-refractivity contribution is -0.137. The second-order valence-electron chi connectivity index (χ2n) is 5.61. The number of ether oxygens (including phenoxy) is 2. The van der Waals surface area contributed by atoms with Gasteiger partial charge in [-0.1, -0.05) is 12.8 Å². The maximum absolute atomic E-state index is 11.9. The highest BCUT2D eigenvalue weighted by molar-refractivity contribution is 5.82. The molecule has 0 amide bonds. The molecular formula is C14H24O3. The molecule has 3 heteroatoms. The third kappa shape index (κ3) is 3.78. The number of rotatable bonds is 4. The van der Waals surface area contributed by atoms with Gasteiger partial charge in [-0.05, 0) is 39.5 Å². The number of ketones is 1. The summed E-state index contributed by atoms with van der Waals surface area (Å²) in [6.07, 6.45) is 7.12. The minimum absolute atomic E-state index is 0.208. The van der Waals surface area contributed by atoms with Gasteiger partial charge in [-0.15, -0.1) is 0 Å². The van der Waals surface area contributed by atoms with E-state index in [1.54, 1.807) is 0 Å². The molecule has 0 bridgehead atoms. The Bertz CT molecular complexity index is 248. The molecule has 0 N–H and O–H groups in total. The molecule has 2 fully saturated rings. The first kappa shape index (κ1) is 13.0. The molecular weight excluding hydrogens is 216 g/mol. The Morgan fingerprint density at radius 1 is 1.18 bits per heavy atom. The van der Waals surface area contributed by atoms with Gasteiger partial charge in [0.15, 0.2) is 5.78 Å². The Kier molecular flexibility index (Phi) is 4.57. The van der Waals surface area contributed by atoms with Crippen LogP contribution < -0.4 is 0 Å². The highest BCUT2D eigenvalue weighted by Gasteiger charge is 2.27. The number of carbonyl (C=O) groups excluding carboxylic acids is 1. The van der Waals surface area contributed by atoms with Crippen LogP contribution in [-0.4, -0.2) is 30.7 Å². The maximum Gasteiger partial charge on any atom is 0.161 e. The van der Waals surface area contributed by atoms with Gasteiger partial charge in [0.2, 0.25) is 0 Å². The molecule has 0 spiro atoms. The van der Waals surface area contributed by atoms with Gasteiger partial charge >= 0.3 is 0 Å². The van der Waals surface area contributed by atoms with Gasteiger partial charge in [-0.25, -0.2) is 0 Å². The molecule has 0 aromatic carbocycles. The predicted molar refractivity (Wildman–Crippen MR) is 65.9 cm³/mol. The van der Waals surface area contributed by atoms with Crippen molar-refractivity contribution in [2.24, 2.45) is 5.92 Å². The summed E-state index contributed by atoms with van der Waals surface area (Å²) in [5, 5.41) is 0. The van der Waals surface area contributed by atoms with Gasteiger partial charge in [0.25, 0.3) is 0 Å². The van der Waals surface area contributed by atoms with Gasteiger partial charge in [-0.2, -0.15) is 0 Å². The summed E-state index contributed by atoms with van der Waals surface area (Å²) in [4.78, 5) is 11.9. The zero-order chi connectivity index (χ0) is 12.3. The van der Waals surface area contributed by atoms with E-state index in [1.807, 2.05) is 0 Å². The van der Waals surface area contributed by atoms with Crippen LogP contribution in [0.3, 0.4) is 0 Å². The van der Waals surface area contributed by atoms with Crippen LogP contribution in [0.4, 0.5) is 0 Å². The van der Waals surface area contributed by atoms with E-state index >= 15 is 0 Å². The summed E-state index contributed by atoms with van der Waals surface area (Å²) in [5.74, 6) is 0.596. The van der Waals surface area contributed by atoms with E-state index in [9.17, 15) is 4.79 Å². The van der Waals surface area contributed by atoms with E-state index in [0.717, 1.165) is 25.7 Å². The number of hydrogen-bond donors (Lipinski definition) is 0. The van der Waals surface area contributed by atoms with E-state index in [4.69, 9.17) is 9.47 Å². The molecule has 0 aromatic heterocycles. The molecule has 2 aliphatic rings. The average Bonchev–Trinajstić information content (AvgIpc) is 2.78. The molecule has 3 nitrogen and oxygen atoms in total. The predicted octanol–water partition coefficient (Wildman–Crippen LogP) is 2.72. The van der Waals surface area contributed by atoms with Crippen LogP contribution in [0.15, 0.2) is 0 Å². The lowest BCUT2D eigenvalue weighted by Gasteiger charge is -2.32. The first-order valence-corrected chi connectivity index (χ1v) is 6.95. The smallest absolute Gasteiger partial charge is 0.161 e. The summed E-state index contributed by atoms with van der Waals surface area (Å²) in [5.41, 5.74) is 0. The van der Waals surface area contributed by atoms with Crippen LogP contribution in [-0.2, 0) is 14.3 Å². The third-order valence-corrected chi connectivity index (χ3v) is 3.93. The molecule has 2 atom stereocenters. The normalized spacial score (nSPS) is 35.1. The molecule has 1 aliphatic carbocycles. The van der Waals surface area contributed by atoms with Crippen LogP contribution in [0, 0.1) is 5.92 Å². The van der Waals surface area contributed by atoms with Gasteiger partial charge in [-0.3, -0.25) is 4.79 Å². The fourth-order valence-electron chi connectivity index (χ4n) is 3.05. The number of hydrogen-bond acceptors (Lipinski definition) is 3. The van der Waals surface area contributed by atoms with Crippen molar-refractivity contribution in [2.75, 3.05) is 6.61 Å². The Balaban J connectivity index is 1.71. The summed E-state index contributed by atoms with van der Waals surface area (Å²) >= 11 is 0. The van der Waals surface area contributed by atoms with Crippen LogP contribution in [0.2, 0.25) is 0 Å². The van der Waals surface area contributed by atoms with E-state index in [-0.39, 0.29) is 24.2 Å². The van der Waals surface area contributed by atoms with Crippen LogP contribution in [0.5, 0.6) is 0 Å². The Hall–Kier alpha value is -0.410. The van der Waals surface area contributed by atoms with Crippen molar-refractivity contribution in [1.82, 2.24) is 0 Å². The molecule has 17 heavy (non-hydrogen) atoms. The molecule has 0 aromatic rings. The lowest BCUT2D eigenvalue weighted by Crippen LogP contribution is -2.35. The minimum atomic E-state index is 0.208. The van der Waals surface area contributed by atoms with Crippen LogP contribution in [0.1, 0.15) is 52.4 Å². The lowest BCUT2D eigenvalue weighted by atomic mass is 10.0. The van der Waals surface area contributed by atoms with Crippen molar-refractivity contribution in [1.29, 1.82) is 0 Å². The Morgan fingerprint density at radius 2 is 1.76 bits per heavy atom. The number of carbonyl (C=O) groups is 1. The van der Waals surface area contributed by atoms with E-state index < -0.39 is 0 Å². The average molecular weight is 240 g/mol. The van der Waals surface area contributed by atoms with Crippen molar-refractivity contribution in [3.8, 4) is 0 Å². The molecule has 98 valence electrons. The largest absolute Gasteiger partial charge is 0.375 e. The molecule has 1 saturated heterocycles. The zero-order valence-corrected chi connectivity index (χ0v) is 11.0. The van der Waals surface area contributed by atoms with E-state index in [0.29, 0.717) is 12.4 Å². The molecule has 2 unspecified atom stereocenters. The highest BCUT2D eigenvalue weighted by atomic mass is 16.5. The van der Waals surface area contributed by atoms with Crippen molar-refractivity contribution < 1.29 is 14.3 Å². The SMILES string of the molecule is CC1CC(OCC(=O)C2CCCC2)CC(C)O1. The topological polar surface area (TPSA) is 35.5 Å². The van der Waals surface area contributed by atoms with E-state index in [2.05, 4.69) is 13.8 Å². The molecule has 2 rings (SSSR count). The van der Waals surface area contributed by atoms with Gasteiger partial charge in [0.05, 0.1) is 18.3 Å². The van der Waals surface area contributed by atoms with Crippen molar-refractivity contribution in [2.45, 2.75) is 70.7 Å². The molecule has 0 radical (unpaired) electrons. The first-order chi connectivity index (χ1) is 8.15. The van der Waals surface area contributed by atoms with Crippen molar-refractivity contribution in [3.05, 3.63) is 0 Å². The molecule has 1 aliphatic heterocycles. The standard InChI is InChI=1S/C14H24O3/c1-10-7-13(8-11(2)17-10)16-9-14(15)12-5-3-4-6-12/h10-13H,3-9H2,1-2H3. The highest BCUT2D eigenvalue weighted by Crippen LogP contribution is 2.26. The number of Topliss-reactive ketones (excluding diaryl/α,β-unsaturated/α-hetero) is 1. The minimum Gasteiger partial charge on any atom is -0.375 e. The van der Waals surface area contributed by atoms with Gasteiger partial charge < -0.3 is 9.47 Å². The Morgan fingerprint density at radius 3 is 2.35 bits per heavy atom. The van der Waals surface area contributed by atoms with Gasteiger partial charge in [0.1, 0.15) is 6.61 Å². The Labute approximate surface area is 104 Å². The third-order valence-electron chi connectivity index (χ3n) is 3.93. The fraction of sp³-hybridized carbons (Fsp3) is 0.929. The monoisotopic (exact) mass is 240 g/mol. The van der Waals surface area contributed by atoms with Crippen molar-refractivity contribution in [3.63, 3.8) is 0 Å². The van der Waals surface area contributed by atoms with Crippen molar-refractivity contribution >= 4 is 5.78 Å². The first-order valence-electron chi connectivity index (χ1n) is 6.95. The fourth-order valence-corrected chi connectivity index (χ4v) is 3.05. The quantitative estimate of drug-likeness (QED) is 0.758. The van der Waals surface area contributed by atoms with E-state index in [1.165, 1.54) is 12.8 Å². The zero-order valence-electron chi connectivity index (χ0n) is 11.0. The molecule has 1 heterocycles. The summed E-state index contributed by atoms with van der Waals surface area (Å²) in [6.45, 7) is 4.46. The summed E-state index contributed by atoms with van der Waals surface area (Å²) < 4.78 is 11.4. The second-order valence-corrected chi connectivity index (χ2v) is 5.61. The van der Waals surface area contributed by atoms with Gasteiger partial charge in [0, 0.05) is 5.92 Å². The summed E-state index contributed by atoms with van der Waals surface area (Å²) in [7, 11) is 0. The maximum atomic E-state index is 11.9. The summed E-state index contributed by atoms with van der Waals surface area (Å²) in [6, 6.07) is 0.